The fourth-order valence-corrected chi connectivity index (χ4v) is 3.42. The number of aliphatic imine (C=N–C) groups is 1. The molecule has 5 nitrogen and oxygen atoms in total. The average molecular weight is 290 g/mol. The highest BCUT2D eigenvalue weighted by Crippen LogP contribution is 2.28. The molecule has 1 saturated carbocycles. The quantitative estimate of drug-likeness (QED) is 0.850. The lowest BCUT2D eigenvalue weighted by atomic mass is 9.96. The number of carbonyl (C=O) groups excluding carboxylic acids is 1. The first kappa shape index (κ1) is 13.4. The van der Waals surface area contributed by atoms with Crippen molar-refractivity contribution in [2.24, 2.45) is 12.0 Å². The molecule has 0 bridgehead atoms. The molecule has 0 radical (unpaired) electrons. The van der Waals surface area contributed by atoms with Crippen LogP contribution in [0.1, 0.15) is 37.7 Å². The zero-order valence-corrected chi connectivity index (χ0v) is 12.3. The average Bonchev–Trinajstić information content (AvgIpc) is 2.98. The Morgan fingerprint density at radius 3 is 2.95 bits per heavy atom. The predicted octanol–water partition coefficient (Wildman–Crippen LogP) is 2.31. The third-order valence-electron chi connectivity index (χ3n) is 3.55. The maximum Gasteiger partial charge on any atom is 0.264 e. The number of aromatic nitrogens is 2. The van der Waals surface area contributed by atoms with Gasteiger partial charge in [0.2, 0.25) is 0 Å². The van der Waals surface area contributed by atoms with E-state index < -0.39 is 0 Å². The molecule has 1 amide bonds. The van der Waals surface area contributed by atoms with Crippen LogP contribution in [0, 0.1) is 0 Å². The number of rotatable bonds is 2. The van der Waals surface area contributed by atoms with E-state index in [1.165, 1.54) is 31.0 Å². The minimum atomic E-state index is -0.0617. The molecule has 1 saturated heterocycles. The SMILES string of the molecule is Cn1cc(/C=C2/SC(=NC3CCCCC3)NC2=O)cn1. The number of carbonyl (C=O) groups is 1. The molecule has 106 valence electrons. The smallest absolute Gasteiger partial charge is 0.264 e. The van der Waals surface area contributed by atoms with Crippen LogP contribution in [0.3, 0.4) is 0 Å². The number of amidine groups is 1. The van der Waals surface area contributed by atoms with Crippen LogP contribution < -0.4 is 5.32 Å². The highest BCUT2D eigenvalue weighted by Gasteiger charge is 2.25. The van der Waals surface area contributed by atoms with Crippen molar-refractivity contribution in [1.29, 1.82) is 0 Å². The van der Waals surface area contributed by atoms with Gasteiger partial charge in [-0.05, 0) is 30.7 Å². The second-order valence-corrected chi connectivity index (χ2v) is 6.27. The van der Waals surface area contributed by atoms with Crippen molar-refractivity contribution < 1.29 is 4.79 Å². The minimum absolute atomic E-state index is 0.0617. The lowest BCUT2D eigenvalue weighted by molar-refractivity contribution is -0.115. The third kappa shape index (κ3) is 3.12. The van der Waals surface area contributed by atoms with E-state index in [0.717, 1.165) is 23.6 Å². The van der Waals surface area contributed by atoms with E-state index in [4.69, 9.17) is 0 Å². The summed E-state index contributed by atoms with van der Waals surface area (Å²) in [6.45, 7) is 0. The second kappa shape index (κ2) is 5.83. The number of thioether (sulfide) groups is 1. The van der Waals surface area contributed by atoms with Crippen LogP contribution >= 0.6 is 11.8 Å². The molecule has 0 atom stereocenters. The maximum absolute atomic E-state index is 11.9. The Kier molecular flexibility index (Phi) is 3.91. The Morgan fingerprint density at radius 2 is 2.25 bits per heavy atom. The summed E-state index contributed by atoms with van der Waals surface area (Å²) in [6, 6.07) is 0.379. The summed E-state index contributed by atoms with van der Waals surface area (Å²) in [5, 5.41) is 7.70. The Morgan fingerprint density at radius 1 is 1.45 bits per heavy atom. The molecule has 2 aliphatic rings. The van der Waals surface area contributed by atoms with E-state index in [2.05, 4.69) is 15.4 Å². The summed E-state index contributed by atoms with van der Waals surface area (Å²) in [5.41, 5.74) is 0.934. The predicted molar refractivity (Wildman–Crippen MR) is 81.2 cm³/mol. The summed E-state index contributed by atoms with van der Waals surface area (Å²) >= 11 is 1.43. The van der Waals surface area contributed by atoms with Crippen LogP contribution in [0.15, 0.2) is 22.3 Å². The standard InChI is InChI=1S/C14H18N4OS/c1-18-9-10(8-15-18)7-12-13(19)17-14(20-12)16-11-5-3-2-4-6-11/h7-9,11H,2-6H2,1H3,(H,16,17,19)/b12-7+. The highest BCUT2D eigenvalue weighted by molar-refractivity contribution is 8.18. The Bertz CT molecular complexity index is 569. The van der Waals surface area contributed by atoms with Gasteiger partial charge in [0.15, 0.2) is 5.17 Å². The summed E-state index contributed by atoms with van der Waals surface area (Å²) < 4.78 is 1.72. The van der Waals surface area contributed by atoms with E-state index in [-0.39, 0.29) is 5.91 Å². The number of hydrogen-bond donors (Lipinski definition) is 1. The Balaban J connectivity index is 1.71. The van der Waals surface area contributed by atoms with Gasteiger partial charge in [0.1, 0.15) is 0 Å². The lowest BCUT2D eigenvalue weighted by Crippen LogP contribution is -2.22. The van der Waals surface area contributed by atoms with Gasteiger partial charge in [-0.2, -0.15) is 5.10 Å². The summed E-state index contributed by atoms with van der Waals surface area (Å²) in [5.74, 6) is -0.0617. The number of amides is 1. The first-order chi connectivity index (χ1) is 9.70. The molecular formula is C14H18N4OS. The normalized spacial score (nSPS) is 24.6. The molecule has 1 N–H and O–H groups in total. The number of aryl methyl sites for hydroxylation is 1. The number of hydrogen-bond acceptors (Lipinski definition) is 4. The molecule has 6 heteroatoms. The van der Waals surface area contributed by atoms with Crippen LogP contribution in [0.25, 0.3) is 6.08 Å². The van der Waals surface area contributed by atoms with E-state index in [1.807, 2.05) is 19.3 Å². The van der Waals surface area contributed by atoms with Gasteiger partial charge in [-0.25, -0.2) is 0 Å². The molecule has 0 unspecified atom stereocenters. The van der Waals surface area contributed by atoms with Crippen LogP contribution in [-0.2, 0) is 11.8 Å². The molecule has 2 heterocycles. The Labute approximate surface area is 122 Å². The van der Waals surface area contributed by atoms with E-state index >= 15 is 0 Å². The monoisotopic (exact) mass is 290 g/mol. The molecule has 1 aromatic rings. The molecule has 20 heavy (non-hydrogen) atoms. The van der Waals surface area contributed by atoms with Gasteiger partial charge in [-0.15, -0.1) is 0 Å². The molecule has 0 spiro atoms. The minimum Gasteiger partial charge on any atom is -0.301 e. The molecular weight excluding hydrogens is 272 g/mol. The van der Waals surface area contributed by atoms with Gasteiger partial charge < -0.3 is 5.32 Å². The van der Waals surface area contributed by atoms with E-state index in [1.54, 1.807) is 10.9 Å². The van der Waals surface area contributed by atoms with Gasteiger partial charge in [-0.1, -0.05) is 19.3 Å². The highest BCUT2D eigenvalue weighted by atomic mass is 32.2. The largest absolute Gasteiger partial charge is 0.301 e. The van der Waals surface area contributed by atoms with Crippen molar-refractivity contribution in [2.45, 2.75) is 38.1 Å². The topological polar surface area (TPSA) is 59.3 Å². The zero-order chi connectivity index (χ0) is 13.9. The summed E-state index contributed by atoms with van der Waals surface area (Å²) in [4.78, 5) is 17.3. The first-order valence-corrected chi connectivity index (χ1v) is 7.80. The van der Waals surface area contributed by atoms with Crippen molar-refractivity contribution in [3.63, 3.8) is 0 Å². The van der Waals surface area contributed by atoms with Gasteiger partial charge in [0.25, 0.3) is 5.91 Å². The van der Waals surface area contributed by atoms with E-state index in [9.17, 15) is 4.79 Å². The molecule has 0 aromatic carbocycles. The zero-order valence-electron chi connectivity index (χ0n) is 11.5. The summed E-state index contributed by atoms with van der Waals surface area (Å²) in [6.07, 6.45) is 11.6. The van der Waals surface area contributed by atoms with Crippen molar-refractivity contribution in [3.8, 4) is 0 Å². The molecule has 2 fully saturated rings. The van der Waals surface area contributed by atoms with Crippen molar-refractivity contribution >= 4 is 28.9 Å². The molecule has 1 aliphatic carbocycles. The third-order valence-corrected chi connectivity index (χ3v) is 4.47. The Hall–Kier alpha value is -1.56. The lowest BCUT2D eigenvalue weighted by Gasteiger charge is -2.17. The second-order valence-electron chi connectivity index (χ2n) is 5.24. The van der Waals surface area contributed by atoms with Crippen molar-refractivity contribution in [1.82, 2.24) is 15.1 Å². The maximum atomic E-state index is 11.9. The van der Waals surface area contributed by atoms with Crippen LogP contribution in [-0.4, -0.2) is 26.9 Å². The molecule has 3 rings (SSSR count). The van der Waals surface area contributed by atoms with Gasteiger partial charge >= 0.3 is 0 Å². The van der Waals surface area contributed by atoms with E-state index in [0.29, 0.717) is 10.9 Å². The van der Waals surface area contributed by atoms with Gasteiger partial charge in [0, 0.05) is 18.8 Å². The molecule has 1 aliphatic heterocycles. The van der Waals surface area contributed by atoms with Crippen LogP contribution in [0.2, 0.25) is 0 Å². The van der Waals surface area contributed by atoms with Gasteiger partial charge in [0.05, 0.1) is 17.1 Å². The van der Waals surface area contributed by atoms with Crippen LogP contribution in [0.4, 0.5) is 0 Å². The number of nitrogens with zero attached hydrogens (tertiary/aromatic N) is 3. The van der Waals surface area contributed by atoms with Crippen molar-refractivity contribution in [2.75, 3.05) is 0 Å². The fraction of sp³-hybridized carbons (Fsp3) is 0.500. The first-order valence-electron chi connectivity index (χ1n) is 6.98. The van der Waals surface area contributed by atoms with Crippen LogP contribution in [0.5, 0.6) is 0 Å². The number of nitrogens with one attached hydrogen (secondary N) is 1. The summed E-state index contributed by atoms with van der Waals surface area (Å²) in [7, 11) is 1.86. The van der Waals surface area contributed by atoms with Crippen molar-refractivity contribution in [3.05, 3.63) is 22.9 Å². The fourth-order valence-electron chi connectivity index (χ4n) is 2.53. The molecule has 1 aromatic heterocycles. The van der Waals surface area contributed by atoms with Gasteiger partial charge in [-0.3, -0.25) is 14.5 Å².